The van der Waals surface area contributed by atoms with Crippen molar-refractivity contribution in [3.63, 3.8) is 0 Å². The third-order valence-electron chi connectivity index (χ3n) is 4.32. The predicted molar refractivity (Wildman–Crippen MR) is 96.0 cm³/mol. The zero-order chi connectivity index (χ0) is 21.1. The molecule has 140 valence electrons. The van der Waals surface area contributed by atoms with Crippen molar-refractivity contribution in [2.45, 2.75) is 11.8 Å². The van der Waals surface area contributed by atoms with Gasteiger partial charge in [0, 0.05) is 16.7 Å². The lowest BCUT2D eigenvalue weighted by atomic mass is 9.83. The van der Waals surface area contributed by atoms with Crippen LogP contribution in [0, 0.1) is 34.0 Å². The Kier molecular flexibility index (Phi) is 4.99. The highest BCUT2D eigenvalue weighted by molar-refractivity contribution is 5.63. The van der Waals surface area contributed by atoms with Gasteiger partial charge in [-0.1, -0.05) is 42.5 Å². The summed E-state index contributed by atoms with van der Waals surface area (Å²) < 4.78 is 48.7. The molecule has 0 fully saturated rings. The van der Waals surface area contributed by atoms with Gasteiger partial charge in [0.1, 0.15) is 23.8 Å². The second-order valence-corrected chi connectivity index (χ2v) is 5.93. The maximum atomic E-state index is 14.5. The number of alkyl halides is 3. The minimum atomic E-state index is -5.00. The molecule has 1 unspecified atom stereocenters. The smallest absolute Gasteiger partial charge is 0.437 e. The van der Waals surface area contributed by atoms with Gasteiger partial charge >= 0.3 is 6.18 Å². The number of nitrogens with zero attached hydrogens (tertiary/aromatic N) is 3. The highest BCUT2D eigenvalue weighted by Crippen LogP contribution is 2.55. The van der Waals surface area contributed by atoms with E-state index in [4.69, 9.17) is 15.3 Å². The van der Waals surface area contributed by atoms with E-state index in [9.17, 15) is 18.4 Å². The molecule has 0 radical (unpaired) electrons. The number of ether oxygens (including phenoxy) is 1. The fraction of sp³-hybridized carbons (Fsp3) is 0.0909. The number of benzene rings is 1. The lowest BCUT2D eigenvalue weighted by molar-refractivity contribution is -0.249. The predicted octanol–water partition coefficient (Wildman–Crippen LogP) is 4.80. The maximum Gasteiger partial charge on any atom is 0.437 e. The molecule has 4 nitrogen and oxygen atoms in total. The van der Waals surface area contributed by atoms with Gasteiger partial charge in [0.2, 0.25) is 0 Å². The van der Waals surface area contributed by atoms with Crippen molar-refractivity contribution in [3.8, 4) is 18.2 Å². The summed E-state index contributed by atoms with van der Waals surface area (Å²) in [4.78, 5) is 0. The zero-order valence-electron chi connectivity index (χ0n) is 14.7. The standard InChI is InChI=1S/C22H10F3N3O/c23-22(24,25)21(17-8-2-1-3-9-17)19(11-10-15-6-4-5-7-15)18(14-28)20(29-21)16(12-26)13-27/h1-6,8-11H/b11-10+. The van der Waals surface area contributed by atoms with E-state index >= 15 is 0 Å². The van der Waals surface area contributed by atoms with Gasteiger partial charge in [-0.2, -0.15) is 29.0 Å². The van der Waals surface area contributed by atoms with Crippen molar-refractivity contribution in [1.82, 2.24) is 0 Å². The molecule has 3 rings (SSSR count). The van der Waals surface area contributed by atoms with E-state index in [0.717, 1.165) is 6.08 Å². The molecule has 1 aliphatic heterocycles. The molecule has 0 N–H and O–H groups in total. The number of hydrogen-bond donors (Lipinski definition) is 0. The first-order valence-corrected chi connectivity index (χ1v) is 8.21. The van der Waals surface area contributed by atoms with Crippen LogP contribution in [0.3, 0.4) is 0 Å². The van der Waals surface area contributed by atoms with Gasteiger partial charge < -0.3 is 4.74 Å². The van der Waals surface area contributed by atoms with E-state index < -0.39 is 34.3 Å². The van der Waals surface area contributed by atoms with Crippen molar-refractivity contribution in [2.75, 3.05) is 0 Å². The Morgan fingerprint density at radius 2 is 1.76 bits per heavy atom. The van der Waals surface area contributed by atoms with Crippen molar-refractivity contribution in [1.29, 1.82) is 15.8 Å². The van der Waals surface area contributed by atoms with Gasteiger partial charge in [0.15, 0.2) is 11.3 Å². The topological polar surface area (TPSA) is 80.6 Å². The Morgan fingerprint density at radius 1 is 1.07 bits per heavy atom. The quantitative estimate of drug-likeness (QED) is 0.549. The first-order valence-electron chi connectivity index (χ1n) is 8.21. The molecular formula is C22H10F3N3O. The summed E-state index contributed by atoms with van der Waals surface area (Å²) in [7, 11) is 0. The van der Waals surface area contributed by atoms with E-state index in [-0.39, 0.29) is 5.56 Å². The minimum absolute atomic E-state index is 0.281. The molecule has 0 amide bonds. The molecule has 1 aromatic carbocycles. The van der Waals surface area contributed by atoms with E-state index in [1.165, 1.54) is 42.5 Å². The van der Waals surface area contributed by atoms with Crippen LogP contribution in [0.4, 0.5) is 13.2 Å². The van der Waals surface area contributed by atoms with Crippen molar-refractivity contribution in [2.24, 2.45) is 0 Å². The van der Waals surface area contributed by atoms with E-state index in [2.05, 4.69) is 5.73 Å². The third-order valence-corrected chi connectivity index (χ3v) is 4.32. The highest BCUT2D eigenvalue weighted by Gasteiger charge is 2.65. The summed E-state index contributed by atoms with van der Waals surface area (Å²) in [5, 5.41) is 27.9. The Labute approximate surface area is 164 Å². The molecule has 2 aliphatic rings. The van der Waals surface area contributed by atoms with Crippen LogP contribution in [-0.4, -0.2) is 6.18 Å². The molecule has 0 saturated carbocycles. The van der Waals surface area contributed by atoms with Crippen LogP contribution in [0.5, 0.6) is 0 Å². The fourth-order valence-electron chi connectivity index (χ4n) is 3.05. The van der Waals surface area contributed by atoms with Crippen LogP contribution in [0.25, 0.3) is 0 Å². The van der Waals surface area contributed by atoms with Gasteiger partial charge in [-0.05, 0) is 18.2 Å². The monoisotopic (exact) mass is 389 g/mol. The molecule has 0 saturated heterocycles. The first kappa shape index (κ1) is 19.5. The third kappa shape index (κ3) is 3.15. The SMILES string of the molecule is N#CC(C#N)=C1OC(c2ccccc2)(C(F)(F)F)C(/C=C/C2=C=CC=C2)=C1C#N. The number of allylic oxidation sites excluding steroid dienone is 6. The van der Waals surface area contributed by atoms with Crippen LogP contribution < -0.4 is 0 Å². The summed E-state index contributed by atoms with van der Waals surface area (Å²) in [6.45, 7) is 0. The Morgan fingerprint density at radius 3 is 2.28 bits per heavy atom. The number of hydrogen-bond acceptors (Lipinski definition) is 4. The molecular weight excluding hydrogens is 379 g/mol. The second-order valence-electron chi connectivity index (χ2n) is 5.93. The lowest BCUT2D eigenvalue weighted by Gasteiger charge is -2.33. The van der Waals surface area contributed by atoms with Crippen LogP contribution >= 0.6 is 0 Å². The highest BCUT2D eigenvalue weighted by atomic mass is 19.4. The number of nitriles is 3. The summed E-state index contributed by atoms with van der Waals surface area (Å²) in [6.07, 6.45) is 2.36. The Balaban J connectivity index is 2.39. The fourth-order valence-corrected chi connectivity index (χ4v) is 3.05. The zero-order valence-corrected chi connectivity index (χ0v) is 14.7. The van der Waals surface area contributed by atoms with Gasteiger partial charge in [0.25, 0.3) is 5.60 Å². The normalized spacial score (nSPS) is 20.3. The van der Waals surface area contributed by atoms with E-state index in [1.807, 2.05) is 0 Å². The van der Waals surface area contributed by atoms with Crippen molar-refractivity contribution >= 4 is 0 Å². The minimum Gasteiger partial charge on any atom is -0.465 e. The maximum absolute atomic E-state index is 14.5. The first-order chi connectivity index (χ1) is 13.9. The van der Waals surface area contributed by atoms with Crippen LogP contribution in [0.1, 0.15) is 5.56 Å². The molecule has 0 spiro atoms. The van der Waals surface area contributed by atoms with Crippen LogP contribution in [-0.2, 0) is 10.3 Å². The molecule has 1 aliphatic carbocycles. The van der Waals surface area contributed by atoms with E-state index in [1.54, 1.807) is 30.4 Å². The number of rotatable bonds is 3. The van der Waals surface area contributed by atoms with Gasteiger partial charge in [0.05, 0.1) is 0 Å². The Bertz CT molecular complexity index is 1160. The summed E-state index contributed by atoms with van der Waals surface area (Å²) in [5.74, 6) is -0.690. The van der Waals surface area contributed by atoms with Gasteiger partial charge in [-0.3, -0.25) is 0 Å². The molecule has 1 heterocycles. The number of halogens is 3. The average molecular weight is 389 g/mol. The van der Waals surface area contributed by atoms with Crippen LogP contribution in [0.15, 0.2) is 94.5 Å². The average Bonchev–Trinajstić information content (AvgIpc) is 3.34. The lowest BCUT2D eigenvalue weighted by Crippen LogP contribution is -2.43. The molecule has 1 atom stereocenters. The van der Waals surface area contributed by atoms with Gasteiger partial charge in [-0.15, -0.1) is 5.73 Å². The summed E-state index contributed by atoms with van der Waals surface area (Å²) in [5.41, 5.74) is -1.75. The van der Waals surface area contributed by atoms with Gasteiger partial charge in [-0.25, -0.2) is 0 Å². The largest absolute Gasteiger partial charge is 0.465 e. The molecule has 7 heteroatoms. The molecule has 29 heavy (non-hydrogen) atoms. The Hall–Kier alpha value is -4.24. The molecule has 0 bridgehead atoms. The summed E-state index contributed by atoms with van der Waals surface area (Å²) >= 11 is 0. The molecule has 1 aromatic rings. The second kappa shape index (κ2) is 7.41. The summed E-state index contributed by atoms with van der Waals surface area (Å²) in [6, 6.07) is 11.5. The van der Waals surface area contributed by atoms with Crippen molar-refractivity contribution in [3.05, 3.63) is 100 Å². The van der Waals surface area contributed by atoms with Crippen molar-refractivity contribution < 1.29 is 17.9 Å². The van der Waals surface area contributed by atoms with Crippen LogP contribution in [0.2, 0.25) is 0 Å². The molecule has 0 aromatic heterocycles. The van der Waals surface area contributed by atoms with E-state index in [0.29, 0.717) is 5.57 Å².